The third kappa shape index (κ3) is 2.87. The molecule has 0 saturated carbocycles. The van der Waals surface area contributed by atoms with E-state index in [2.05, 4.69) is 94.0 Å². The summed E-state index contributed by atoms with van der Waals surface area (Å²) in [5.41, 5.74) is 10.8. The number of aryl methyl sites for hydroxylation is 4. The summed E-state index contributed by atoms with van der Waals surface area (Å²) in [5.74, 6) is 0. The van der Waals surface area contributed by atoms with Gasteiger partial charge in [-0.15, -0.1) is 0 Å². The van der Waals surface area contributed by atoms with Gasteiger partial charge in [0.05, 0.1) is 5.56 Å². The fourth-order valence-corrected chi connectivity index (χ4v) is 3.51. The normalized spacial score (nSPS) is 10.9. The molecular formula is C23H26N+. The van der Waals surface area contributed by atoms with Crippen LogP contribution in [-0.4, -0.2) is 0 Å². The molecule has 2 aromatic carbocycles. The topological polar surface area (TPSA) is 3.88 Å². The SMILES string of the molecule is CCc1cc(-c2ccccc2)cc(C)c1-c1c(C)c(C)cc[n+]1C. The Morgan fingerprint density at radius 3 is 2.21 bits per heavy atom. The lowest BCUT2D eigenvalue weighted by atomic mass is 9.89. The van der Waals surface area contributed by atoms with Crippen molar-refractivity contribution >= 4 is 0 Å². The molecule has 0 saturated heterocycles. The van der Waals surface area contributed by atoms with Crippen LogP contribution >= 0.6 is 0 Å². The van der Waals surface area contributed by atoms with Crippen LogP contribution in [-0.2, 0) is 13.5 Å². The van der Waals surface area contributed by atoms with Crippen LogP contribution in [0, 0.1) is 20.8 Å². The van der Waals surface area contributed by atoms with E-state index >= 15 is 0 Å². The van der Waals surface area contributed by atoms with Crippen molar-refractivity contribution in [3.05, 3.63) is 77.0 Å². The van der Waals surface area contributed by atoms with Crippen LogP contribution in [0.3, 0.4) is 0 Å². The fourth-order valence-electron chi connectivity index (χ4n) is 3.51. The summed E-state index contributed by atoms with van der Waals surface area (Å²) < 4.78 is 2.26. The second-order valence-corrected chi connectivity index (χ2v) is 6.63. The molecule has 0 amide bonds. The van der Waals surface area contributed by atoms with Crippen LogP contribution < -0.4 is 4.57 Å². The highest BCUT2D eigenvalue weighted by molar-refractivity contribution is 5.75. The summed E-state index contributed by atoms with van der Waals surface area (Å²) in [4.78, 5) is 0. The molecule has 0 N–H and O–H groups in total. The lowest BCUT2D eigenvalue weighted by Gasteiger charge is -2.15. The number of nitrogens with zero attached hydrogens (tertiary/aromatic N) is 1. The zero-order chi connectivity index (χ0) is 17.3. The third-order valence-corrected chi connectivity index (χ3v) is 4.99. The van der Waals surface area contributed by atoms with Gasteiger partial charge in [-0.3, -0.25) is 0 Å². The van der Waals surface area contributed by atoms with Crippen molar-refractivity contribution in [1.82, 2.24) is 0 Å². The average Bonchev–Trinajstić information content (AvgIpc) is 2.60. The van der Waals surface area contributed by atoms with E-state index in [1.54, 1.807) is 0 Å². The summed E-state index contributed by atoms with van der Waals surface area (Å²) in [6.45, 7) is 8.91. The molecule has 122 valence electrons. The molecule has 0 aliphatic rings. The maximum Gasteiger partial charge on any atom is 0.215 e. The molecule has 0 unspecified atom stereocenters. The largest absolute Gasteiger partial charge is 0.215 e. The Kier molecular flexibility index (Phi) is 4.53. The Balaban J connectivity index is 2.26. The first kappa shape index (κ1) is 16.4. The summed E-state index contributed by atoms with van der Waals surface area (Å²) in [6, 6.07) is 17.5. The maximum atomic E-state index is 2.36. The Morgan fingerprint density at radius 2 is 1.54 bits per heavy atom. The monoisotopic (exact) mass is 316 g/mol. The van der Waals surface area contributed by atoms with E-state index < -0.39 is 0 Å². The van der Waals surface area contributed by atoms with Crippen LogP contribution in [0.5, 0.6) is 0 Å². The minimum Gasteiger partial charge on any atom is -0.201 e. The molecule has 1 heteroatoms. The highest BCUT2D eigenvalue weighted by Crippen LogP contribution is 2.33. The minimum atomic E-state index is 1.03. The van der Waals surface area contributed by atoms with Crippen molar-refractivity contribution in [3.8, 4) is 22.4 Å². The molecule has 3 rings (SSSR count). The lowest BCUT2D eigenvalue weighted by molar-refractivity contribution is -0.660. The molecule has 0 radical (unpaired) electrons. The number of hydrogen-bond donors (Lipinski definition) is 0. The van der Waals surface area contributed by atoms with Gasteiger partial charge >= 0.3 is 0 Å². The van der Waals surface area contributed by atoms with E-state index in [-0.39, 0.29) is 0 Å². The fraction of sp³-hybridized carbons (Fsp3) is 0.261. The summed E-state index contributed by atoms with van der Waals surface area (Å²) >= 11 is 0. The minimum absolute atomic E-state index is 1.03. The Bertz CT molecular complexity index is 876. The molecule has 1 aromatic heterocycles. The number of rotatable bonds is 3. The van der Waals surface area contributed by atoms with E-state index in [0.29, 0.717) is 0 Å². The second kappa shape index (κ2) is 6.60. The molecule has 0 atom stereocenters. The number of aromatic nitrogens is 1. The van der Waals surface area contributed by atoms with Gasteiger partial charge in [0.2, 0.25) is 5.69 Å². The predicted octanol–water partition coefficient (Wildman–Crippen LogP) is 5.33. The Labute approximate surface area is 145 Å². The zero-order valence-electron chi connectivity index (χ0n) is 15.4. The molecule has 1 nitrogen and oxygen atoms in total. The van der Waals surface area contributed by atoms with E-state index in [4.69, 9.17) is 0 Å². The first-order valence-corrected chi connectivity index (χ1v) is 8.68. The number of hydrogen-bond acceptors (Lipinski definition) is 0. The maximum absolute atomic E-state index is 2.36. The highest BCUT2D eigenvalue weighted by Gasteiger charge is 2.21. The van der Waals surface area contributed by atoms with Gasteiger partial charge in [0.25, 0.3) is 0 Å². The van der Waals surface area contributed by atoms with E-state index in [1.807, 2.05) is 0 Å². The Hall–Kier alpha value is -2.41. The van der Waals surface area contributed by atoms with Crippen LogP contribution in [0.25, 0.3) is 22.4 Å². The van der Waals surface area contributed by atoms with Crippen molar-refractivity contribution in [2.24, 2.45) is 7.05 Å². The summed E-state index contributed by atoms with van der Waals surface area (Å²) in [5, 5.41) is 0. The van der Waals surface area contributed by atoms with Gasteiger partial charge < -0.3 is 0 Å². The van der Waals surface area contributed by atoms with Gasteiger partial charge in [-0.25, -0.2) is 4.57 Å². The zero-order valence-corrected chi connectivity index (χ0v) is 15.4. The van der Waals surface area contributed by atoms with Gasteiger partial charge in [-0.1, -0.05) is 49.4 Å². The van der Waals surface area contributed by atoms with E-state index in [9.17, 15) is 0 Å². The molecule has 0 fully saturated rings. The van der Waals surface area contributed by atoms with Crippen molar-refractivity contribution in [1.29, 1.82) is 0 Å². The van der Waals surface area contributed by atoms with Crippen LogP contribution in [0.2, 0.25) is 0 Å². The number of benzene rings is 2. The Morgan fingerprint density at radius 1 is 0.833 bits per heavy atom. The third-order valence-electron chi connectivity index (χ3n) is 4.99. The van der Waals surface area contributed by atoms with E-state index in [0.717, 1.165) is 6.42 Å². The van der Waals surface area contributed by atoms with Gasteiger partial charge in [-0.2, -0.15) is 0 Å². The van der Waals surface area contributed by atoms with Crippen molar-refractivity contribution in [3.63, 3.8) is 0 Å². The molecule has 0 bridgehead atoms. The standard InChI is InChI=1S/C23H26N/c1-6-19-15-21(20-10-8-7-9-11-20)14-17(3)22(19)23-18(4)16(2)12-13-24(23)5/h7-15H,6H2,1-5H3/q+1. The molecule has 0 aliphatic heterocycles. The second-order valence-electron chi connectivity index (χ2n) is 6.63. The van der Waals surface area contributed by atoms with Gasteiger partial charge in [-0.05, 0) is 55.0 Å². The van der Waals surface area contributed by atoms with Crippen molar-refractivity contribution in [2.75, 3.05) is 0 Å². The van der Waals surface area contributed by atoms with E-state index in [1.165, 1.54) is 44.6 Å². The summed E-state index contributed by atoms with van der Waals surface area (Å²) in [6.07, 6.45) is 3.20. The van der Waals surface area contributed by atoms with Gasteiger partial charge in [0, 0.05) is 11.6 Å². The first-order chi connectivity index (χ1) is 11.5. The molecule has 0 aliphatic carbocycles. The smallest absolute Gasteiger partial charge is 0.201 e. The highest BCUT2D eigenvalue weighted by atomic mass is 14.9. The van der Waals surface area contributed by atoms with Crippen molar-refractivity contribution in [2.45, 2.75) is 34.1 Å². The molecule has 0 spiro atoms. The molecular weight excluding hydrogens is 290 g/mol. The lowest BCUT2D eigenvalue weighted by Crippen LogP contribution is -2.32. The van der Waals surface area contributed by atoms with Gasteiger partial charge in [0.1, 0.15) is 7.05 Å². The molecule has 1 heterocycles. The quantitative estimate of drug-likeness (QED) is 0.575. The average molecular weight is 316 g/mol. The van der Waals surface area contributed by atoms with Crippen LogP contribution in [0.4, 0.5) is 0 Å². The summed E-state index contributed by atoms with van der Waals surface area (Å²) in [7, 11) is 2.14. The molecule has 24 heavy (non-hydrogen) atoms. The van der Waals surface area contributed by atoms with Crippen LogP contribution in [0.15, 0.2) is 54.7 Å². The van der Waals surface area contributed by atoms with Gasteiger partial charge in [0.15, 0.2) is 6.20 Å². The van der Waals surface area contributed by atoms with Crippen molar-refractivity contribution < 1.29 is 4.57 Å². The number of pyridine rings is 1. The molecule has 3 aromatic rings. The first-order valence-electron chi connectivity index (χ1n) is 8.68. The van der Waals surface area contributed by atoms with Crippen LogP contribution in [0.1, 0.15) is 29.2 Å². The predicted molar refractivity (Wildman–Crippen MR) is 102 cm³/mol.